The Kier molecular flexibility index (Phi) is 4.99. The normalized spacial score (nSPS) is 12.0. The molecule has 2 N–H and O–H groups in total. The Hall–Kier alpha value is -2.33. The second-order valence-corrected chi connectivity index (χ2v) is 3.94. The van der Waals surface area contributed by atoms with Gasteiger partial charge in [0.25, 0.3) is 5.91 Å². The summed E-state index contributed by atoms with van der Waals surface area (Å²) in [5.41, 5.74) is -1.18. The van der Waals surface area contributed by atoms with E-state index in [0.717, 1.165) is 11.4 Å². The van der Waals surface area contributed by atoms with Gasteiger partial charge in [0.05, 0.1) is 6.54 Å². The number of hydrogen-bond acceptors (Lipinski definition) is 2. The topological polar surface area (TPSA) is 58.2 Å². The van der Waals surface area contributed by atoms with Crippen LogP contribution in [0.25, 0.3) is 0 Å². The van der Waals surface area contributed by atoms with Gasteiger partial charge in [-0.2, -0.15) is 22.0 Å². The van der Waals surface area contributed by atoms with E-state index in [0.29, 0.717) is 12.1 Å². The van der Waals surface area contributed by atoms with Gasteiger partial charge in [-0.05, 0) is 12.1 Å². The zero-order valence-electron chi connectivity index (χ0n) is 10.4. The molecule has 0 saturated carbocycles. The number of rotatable bonds is 3. The molecule has 1 aromatic carbocycles. The molecule has 0 spiro atoms. The van der Waals surface area contributed by atoms with E-state index in [1.165, 1.54) is 5.32 Å². The summed E-state index contributed by atoms with van der Waals surface area (Å²) in [4.78, 5) is 22.4. The number of nitrogens with one attached hydrogen (secondary N) is 2. The molecule has 0 radical (unpaired) electrons. The number of carbonyl (C=O) groups excluding carboxylic acids is 2. The number of imide groups is 1. The maximum Gasteiger partial charge on any atom is 0.455 e. The lowest BCUT2D eigenvalue weighted by Crippen LogP contribution is -2.50. The van der Waals surface area contributed by atoms with E-state index in [9.17, 15) is 40.3 Å². The van der Waals surface area contributed by atoms with Crippen LogP contribution < -0.4 is 10.6 Å². The van der Waals surface area contributed by atoms with Crippen molar-refractivity contribution in [3.63, 3.8) is 0 Å². The lowest BCUT2D eigenvalue weighted by atomic mass is 10.2. The quantitative estimate of drug-likeness (QED) is 0.836. The molecule has 0 bridgehead atoms. The third-order valence-corrected chi connectivity index (χ3v) is 2.30. The first-order valence-electron chi connectivity index (χ1n) is 5.43. The molecule has 1 rings (SSSR count). The highest BCUT2D eigenvalue weighted by molar-refractivity contribution is 6.04. The molecule has 4 nitrogen and oxygen atoms in total. The minimum atomic E-state index is -5.90. The second kappa shape index (κ2) is 6.20. The van der Waals surface area contributed by atoms with Gasteiger partial charge in [-0.15, -0.1) is 0 Å². The second-order valence-electron chi connectivity index (χ2n) is 3.94. The van der Waals surface area contributed by atoms with Crippen LogP contribution in [0.2, 0.25) is 0 Å². The van der Waals surface area contributed by atoms with Crippen LogP contribution in [0.4, 0.5) is 35.5 Å². The zero-order chi connectivity index (χ0) is 17.1. The van der Waals surface area contributed by atoms with Crippen LogP contribution in [0.15, 0.2) is 18.2 Å². The van der Waals surface area contributed by atoms with Crippen LogP contribution in [0, 0.1) is 11.6 Å². The van der Waals surface area contributed by atoms with Crippen molar-refractivity contribution >= 4 is 11.9 Å². The third-order valence-electron chi connectivity index (χ3n) is 2.30. The maximum atomic E-state index is 13.2. The monoisotopic (exact) mass is 332 g/mol. The minimum Gasteiger partial charge on any atom is -0.331 e. The maximum absolute atomic E-state index is 13.2. The van der Waals surface area contributed by atoms with E-state index in [4.69, 9.17) is 0 Å². The molecule has 0 aliphatic carbocycles. The molecule has 22 heavy (non-hydrogen) atoms. The predicted octanol–water partition coefficient (Wildman–Crippen LogP) is 2.60. The van der Waals surface area contributed by atoms with Crippen molar-refractivity contribution in [1.82, 2.24) is 10.6 Å². The van der Waals surface area contributed by atoms with E-state index in [-0.39, 0.29) is 0 Å². The van der Waals surface area contributed by atoms with Crippen molar-refractivity contribution in [2.45, 2.75) is 12.1 Å². The molecule has 0 aliphatic heterocycles. The number of benzene rings is 1. The van der Waals surface area contributed by atoms with E-state index >= 15 is 0 Å². The highest BCUT2D eigenvalue weighted by atomic mass is 19.4. The Labute approximate surface area is 118 Å². The van der Waals surface area contributed by atoms with Crippen LogP contribution in [-0.4, -0.2) is 30.6 Å². The summed E-state index contributed by atoms with van der Waals surface area (Å²) in [6.07, 6.45) is -5.90. The summed E-state index contributed by atoms with van der Waals surface area (Å²) >= 11 is 0. The average molecular weight is 332 g/mol. The number of alkyl halides is 5. The molecule has 0 aliphatic rings. The number of amides is 3. The first-order valence-corrected chi connectivity index (χ1v) is 5.43. The standard InChI is InChI=1S/C11H7F7N2O2/c12-5-2-1-3-6(13)7(5)8(21)20-9(22)19-4-10(14,15)11(16,17)18/h1-3H,4H2,(H2,19,20,21,22). The summed E-state index contributed by atoms with van der Waals surface area (Å²) < 4.78 is 86.9. The molecule has 0 fully saturated rings. The smallest absolute Gasteiger partial charge is 0.331 e. The fourth-order valence-corrected chi connectivity index (χ4v) is 1.22. The molecule has 0 atom stereocenters. The van der Waals surface area contributed by atoms with Crippen molar-refractivity contribution < 1.29 is 40.3 Å². The van der Waals surface area contributed by atoms with Crippen molar-refractivity contribution in [3.8, 4) is 0 Å². The van der Waals surface area contributed by atoms with E-state index in [1.54, 1.807) is 0 Å². The average Bonchev–Trinajstić information content (AvgIpc) is 2.35. The molecular formula is C11H7F7N2O2. The van der Waals surface area contributed by atoms with E-state index < -0.39 is 47.8 Å². The number of hydrogen-bond donors (Lipinski definition) is 2. The largest absolute Gasteiger partial charge is 0.455 e. The van der Waals surface area contributed by atoms with Crippen molar-refractivity contribution in [1.29, 1.82) is 0 Å². The van der Waals surface area contributed by atoms with Crippen LogP contribution >= 0.6 is 0 Å². The van der Waals surface area contributed by atoms with Crippen LogP contribution in [0.1, 0.15) is 10.4 Å². The van der Waals surface area contributed by atoms with Gasteiger partial charge in [0.2, 0.25) is 0 Å². The first-order chi connectivity index (χ1) is 9.95. The summed E-state index contributed by atoms with van der Waals surface area (Å²) in [6, 6.07) is 0.531. The Morgan fingerprint density at radius 2 is 1.50 bits per heavy atom. The van der Waals surface area contributed by atoms with Crippen LogP contribution in [0.5, 0.6) is 0 Å². The van der Waals surface area contributed by atoms with Gasteiger partial charge in [0.15, 0.2) is 0 Å². The Morgan fingerprint density at radius 1 is 1.00 bits per heavy atom. The molecule has 11 heteroatoms. The molecule has 0 saturated heterocycles. The van der Waals surface area contributed by atoms with Crippen LogP contribution in [0.3, 0.4) is 0 Å². The molecule has 122 valence electrons. The van der Waals surface area contributed by atoms with E-state index in [1.807, 2.05) is 0 Å². The number of carbonyl (C=O) groups is 2. The summed E-state index contributed by atoms with van der Waals surface area (Å²) in [6.45, 7) is -2.14. The predicted molar refractivity (Wildman–Crippen MR) is 58.2 cm³/mol. The first kappa shape index (κ1) is 17.7. The van der Waals surface area contributed by atoms with Crippen molar-refractivity contribution in [2.24, 2.45) is 0 Å². The molecular weight excluding hydrogens is 325 g/mol. The highest BCUT2D eigenvalue weighted by Gasteiger charge is 2.57. The van der Waals surface area contributed by atoms with Gasteiger partial charge >= 0.3 is 18.1 Å². The van der Waals surface area contributed by atoms with Crippen molar-refractivity contribution in [2.75, 3.05) is 6.54 Å². The summed E-state index contributed by atoms with van der Waals surface area (Å²) in [7, 11) is 0. The van der Waals surface area contributed by atoms with Gasteiger partial charge in [0, 0.05) is 0 Å². The molecule has 0 unspecified atom stereocenters. The van der Waals surface area contributed by atoms with Gasteiger partial charge in [0.1, 0.15) is 17.2 Å². The van der Waals surface area contributed by atoms with Gasteiger partial charge in [-0.3, -0.25) is 10.1 Å². The van der Waals surface area contributed by atoms with Gasteiger partial charge in [-0.1, -0.05) is 6.07 Å². The lowest BCUT2D eigenvalue weighted by molar-refractivity contribution is -0.278. The van der Waals surface area contributed by atoms with Gasteiger partial charge < -0.3 is 5.32 Å². The summed E-state index contributed by atoms with van der Waals surface area (Å²) in [5, 5.41) is 2.32. The highest BCUT2D eigenvalue weighted by Crippen LogP contribution is 2.34. The third kappa shape index (κ3) is 4.09. The Balaban J connectivity index is 2.69. The van der Waals surface area contributed by atoms with Crippen molar-refractivity contribution in [3.05, 3.63) is 35.4 Å². The minimum absolute atomic E-state index is 0.688. The fraction of sp³-hybridized carbons (Fsp3) is 0.273. The number of urea groups is 1. The molecule has 1 aromatic rings. The van der Waals surface area contributed by atoms with E-state index in [2.05, 4.69) is 0 Å². The molecule has 3 amide bonds. The zero-order valence-corrected chi connectivity index (χ0v) is 10.4. The van der Waals surface area contributed by atoms with Gasteiger partial charge in [-0.25, -0.2) is 13.6 Å². The fourth-order valence-electron chi connectivity index (χ4n) is 1.22. The lowest BCUT2D eigenvalue weighted by Gasteiger charge is -2.19. The Bertz CT molecular complexity index is 566. The molecule has 0 aromatic heterocycles. The number of halogens is 7. The SMILES string of the molecule is O=C(NCC(F)(F)C(F)(F)F)NC(=O)c1c(F)cccc1F. The van der Waals surface area contributed by atoms with Crippen LogP contribution in [-0.2, 0) is 0 Å². The Morgan fingerprint density at radius 3 is 1.95 bits per heavy atom. The molecule has 0 heterocycles. The summed E-state index contributed by atoms with van der Waals surface area (Å²) in [5.74, 6) is -9.54.